The summed E-state index contributed by atoms with van der Waals surface area (Å²) in [6, 6.07) is 7.98. The van der Waals surface area contributed by atoms with Crippen molar-refractivity contribution in [3.8, 4) is 0 Å². The van der Waals surface area contributed by atoms with E-state index in [-0.39, 0.29) is 24.7 Å². The quantitative estimate of drug-likeness (QED) is 0.816. The van der Waals surface area contributed by atoms with Crippen molar-refractivity contribution in [2.45, 2.75) is 32.7 Å². The molecule has 2 heterocycles. The van der Waals surface area contributed by atoms with Gasteiger partial charge in [-0.05, 0) is 26.0 Å². The lowest BCUT2D eigenvalue weighted by molar-refractivity contribution is -0.126. The Morgan fingerprint density at radius 2 is 2.12 bits per heavy atom. The van der Waals surface area contributed by atoms with Gasteiger partial charge in [0, 0.05) is 26.2 Å². The smallest absolute Gasteiger partial charge is 0.246 e. The van der Waals surface area contributed by atoms with Crippen molar-refractivity contribution < 1.29 is 14.3 Å². The highest BCUT2D eigenvalue weighted by Crippen LogP contribution is 2.21. The minimum absolute atomic E-state index is 0.0614. The molecule has 136 valence electrons. The van der Waals surface area contributed by atoms with E-state index < -0.39 is 0 Å². The molecule has 0 bridgehead atoms. The van der Waals surface area contributed by atoms with Crippen molar-refractivity contribution in [1.29, 1.82) is 0 Å². The zero-order valence-corrected chi connectivity index (χ0v) is 15.6. The predicted octanol–water partition coefficient (Wildman–Crippen LogP) is 2.04. The fourth-order valence-corrected chi connectivity index (χ4v) is 3.99. The lowest BCUT2D eigenvalue weighted by Crippen LogP contribution is -2.48. The van der Waals surface area contributed by atoms with Gasteiger partial charge >= 0.3 is 0 Å². The number of carbonyl (C=O) groups excluding carboxylic acids is 1. The Morgan fingerprint density at radius 3 is 2.88 bits per heavy atom. The zero-order chi connectivity index (χ0) is 17.6. The lowest BCUT2D eigenvalue weighted by Gasteiger charge is -2.35. The first-order valence-electron chi connectivity index (χ1n) is 8.67. The summed E-state index contributed by atoms with van der Waals surface area (Å²) in [6.45, 7) is 7.87. The van der Waals surface area contributed by atoms with E-state index in [1.807, 2.05) is 24.3 Å². The van der Waals surface area contributed by atoms with Gasteiger partial charge in [-0.2, -0.15) is 0 Å². The van der Waals surface area contributed by atoms with Crippen molar-refractivity contribution in [1.82, 2.24) is 15.2 Å². The second-order valence-corrected chi connectivity index (χ2v) is 7.55. The minimum Gasteiger partial charge on any atom is -0.373 e. The van der Waals surface area contributed by atoms with E-state index >= 15 is 0 Å². The second-order valence-electron chi connectivity index (χ2n) is 6.43. The molecule has 3 rings (SSSR count). The van der Waals surface area contributed by atoms with E-state index in [2.05, 4.69) is 29.0 Å². The third kappa shape index (κ3) is 5.47. The molecule has 1 aromatic heterocycles. The summed E-state index contributed by atoms with van der Waals surface area (Å²) in [6.07, 6.45) is 0.494. The van der Waals surface area contributed by atoms with Gasteiger partial charge in [0.15, 0.2) is 0 Å². The van der Waals surface area contributed by atoms with Crippen LogP contribution in [0.15, 0.2) is 24.3 Å². The van der Waals surface area contributed by atoms with Crippen LogP contribution in [0, 0.1) is 0 Å². The molecule has 0 unspecified atom stereocenters. The number of benzene rings is 1. The van der Waals surface area contributed by atoms with Crippen LogP contribution in [-0.2, 0) is 20.9 Å². The number of fused-ring (bicyclic) bond motifs is 1. The monoisotopic (exact) mass is 363 g/mol. The molecule has 1 aliphatic heterocycles. The largest absolute Gasteiger partial charge is 0.373 e. The van der Waals surface area contributed by atoms with E-state index in [0.29, 0.717) is 13.2 Å². The second kappa shape index (κ2) is 8.71. The first-order chi connectivity index (χ1) is 12.1. The van der Waals surface area contributed by atoms with Gasteiger partial charge in [0.25, 0.3) is 0 Å². The highest BCUT2D eigenvalue weighted by Gasteiger charge is 2.21. The van der Waals surface area contributed by atoms with Gasteiger partial charge in [0.2, 0.25) is 5.91 Å². The average Bonchev–Trinajstić information content (AvgIpc) is 2.96. The average molecular weight is 363 g/mol. The van der Waals surface area contributed by atoms with E-state index in [9.17, 15) is 4.79 Å². The molecule has 0 aliphatic carbocycles. The van der Waals surface area contributed by atoms with Crippen LogP contribution >= 0.6 is 11.3 Å². The summed E-state index contributed by atoms with van der Waals surface area (Å²) in [7, 11) is 0. The molecule has 2 atom stereocenters. The number of rotatable bonds is 7. The van der Waals surface area contributed by atoms with Gasteiger partial charge in [-0.15, -0.1) is 11.3 Å². The molecule has 0 saturated carbocycles. The van der Waals surface area contributed by atoms with Crippen LogP contribution in [0.5, 0.6) is 0 Å². The Morgan fingerprint density at radius 1 is 1.36 bits per heavy atom. The molecule has 1 amide bonds. The third-order valence-corrected chi connectivity index (χ3v) is 5.05. The topological polar surface area (TPSA) is 63.7 Å². The number of para-hydroxylation sites is 1. The fraction of sp³-hybridized carbons (Fsp3) is 0.556. The molecular weight excluding hydrogens is 338 g/mol. The number of aromatic nitrogens is 1. The molecule has 1 aromatic carbocycles. The molecule has 25 heavy (non-hydrogen) atoms. The van der Waals surface area contributed by atoms with Gasteiger partial charge in [-0.1, -0.05) is 12.1 Å². The Labute approximate surface area is 152 Å². The number of thiazole rings is 1. The molecular formula is C18H25N3O3S. The summed E-state index contributed by atoms with van der Waals surface area (Å²) in [4.78, 5) is 18.7. The number of nitrogens with zero attached hydrogens (tertiary/aromatic N) is 2. The van der Waals surface area contributed by atoms with Crippen molar-refractivity contribution in [2.24, 2.45) is 0 Å². The Hall–Kier alpha value is -1.54. The Bertz CT molecular complexity index is 663. The number of ether oxygens (including phenoxy) is 2. The minimum atomic E-state index is -0.0875. The highest BCUT2D eigenvalue weighted by atomic mass is 32.1. The van der Waals surface area contributed by atoms with Crippen molar-refractivity contribution in [3.63, 3.8) is 0 Å². The third-order valence-electron chi connectivity index (χ3n) is 4.04. The van der Waals surface area contributed by atoms with Crippen LogP contribution in [0.2, 0.25) is 0 Å². The number of morpholine rings is 1. The van der Waals surface area contributed by atoms with Crippen LogP contribution < -0.4 is 5.32 Å². The van der Waals surface area contributed by atoms with Gasteiger partial charge < -0.3 is 14.8 Å². The maximum atomic E-state index is 11.9. The number of hydrogen-bond acceptors (Lipinski definition) is 6. The molecule has 1 N–H and O–H groups in total. The van der Waals surface area contributed by atoms with Crippen LogP contribution in [0.1, 0.15) is 18.9 Å². The molecule has 0 radical (unpaired) electrons. The molecule has 2 aromatic rings. The number of nitrogens with one attached hydrogen (secondary N) is 1. The van der Waals surface area contributed by atoms with Crippen LogP contribution in [-0.4, -0.2) is 60.8 Å². The van der Waals surface area contributed by atoms with Crippen molar-refractivity contribution in [3.05, 3.63) is 29.3 Å². The highest BCUT2D eigenvalue weighted by molar-refractivity contribution is 7.18. The van der Waals surface area contributed by atoms with Gasteiger partial charge in [-0.25, -0.2) is 4.98 Å². The summed E-state index contributed by atoms with van der Waals surface area (Å²) in [5.41, 5.74) is 0.976. The van der Waals surface area contributed by atoms with Crippen LogP contribution in [0.4, 0.5) is 0 Å². The molecule has 6 nitrogen and oxygen atoms in total. The number of carbonyl (C=O) groups is 1. The first-order valence-corrected chi connectivity index (χ1v) is 9.48. The normalized spacial score (nSPS) is 21.5. The maximum Gasteiger partial charge on any atom is 0.246 e. The molecule has 7 heteroatoms. The Kier molecular flexibility index (Phi) is 6.36. The molecule has 0 spiro atoms. The fourth-order valence-electron chi connectivity index (χ4n) is 3.08. The van der Waals surface area contributed by atoms with Crippen molar-refractivity contribution >= 4 is 27.5 Å². The van der Waals surface area contributed by atoms with Gasteiger partial charge in [-0.3, -0.25) is 9.69 Å². The van der Waals surface area contributed by atoms with Crippen LogP contribution in [0.3, 0.4) is 0 Å². The Balaban J connectivity index is 1.33. The maximum absolute atomic E-state index is 11.9. The van der Waals surface area contributed by atoms with Gasteiger partial charge in [0.1, 0.15) is 11.6 Å². The lowest BCUT2D eigenvalue weighted by atomic mass is 10.2. The molecule has 1 aliphatic rings. The van der Waals surface area contributed by atoms with Crippen molar-refractivity contribution in [2.75, 3.05) is 32.8 Å². The first kappa shape index (κ1) is 18.3. The van der Waals surface area contributed by atoms with Crippen LogP contribution in [0.25, 0.3) is 10.2 Å². The zero-order valence-electron chi connectivity index (χ0n) is 14.7. The molecule has 1 fully saturated rings. The molecule has 1 saturated heterocycles. The van der Waals surface area contributed by atoms with Gasteiger partial charge in [0.05, 0.1) is 29.0 Å². The standard InChI is InChI=1S/C18H25N3O3S/c1-13-9-21(10-14(2)24-13)8-7-19-17(22)11-23-12-18-20-15-5-3-4-6-16(15)25-18/h3-6,13-14H,7-12H2,1-2H3,(H,19,22)/t13-,14-/m1/s1. The number of hydrogen-bond donors (Lipinski definition) is 1. The summed E-state index contributed by atoms with van der Waals surface area (Å²) in [5, 5.41) is 3.80. The summed E-state index contributed by atoms with van der Waals surface area (Å²) in [5.74, 6) is -0.0875. The summed E-state index contributed by atoms with van der Waals surface area (Å²) < 4.78 is 12.3. The number of amides is 1. The van der Waals surface area contributed by atoms with E-state index in [1.165, 1.54) is 0 Å². The predicted molar refractivity (Wildman–Crippen MR) is 98.7 cm³/mol. The summed E-state index contributed by atoms with van der Waals surface area (Å²) >= 11 is 1.60. The van der Waals surface area contributed by atoms with E-state index in [0.717, 1.165) is 34.9 Å². The van der Waals surface area contributed by atoms with E-state index in [1.54, 1.807) is 11.3 Å². The van der Waals surface area contributed by atoms with E-state index in [4.69, 9.17) is 9.47 Å². The SMILES string of the molecule is C[C@@H]1CN(CCNC(=O)COCc2nc3ccccc3s2)C[C@@H](C)O1.